The van der Waals surface area contributed by atoms with Crippen LogP contribution in [0.1, 0.15) is 30.5 Å². The molecule has 0 saturated carbocycles. The Labute approximate surface area is 162 Å². The van der Waals surface area contributed by atoms with Crippen molar-refractivity contribution in [1.82, 2.24) is 9.80 Å². The number of thiophene rings is 2. The molecule has 0 spiro atoms. The number of carbonyl (C=O) groups is 2. The number of methoxy groups -OCH3 is 1. The van der Waals surface area contributed by atoms with E-state index in [0.29, 0.717) is 10.4 Å². The Morgan fingerprint density at radius 2 is 1.81 bits per heavy atom. The fraction of sp³-hybridized carbons (Fsp3) is 0.444. The summed E-state index contributed by atoms with van der Waals surface area (Å²) in [4.78, 5) is 28.1. The first-order chi connectivity index (χ1) is 12.3. The maximum atomic E-state index is 11.5. The largest absolute Gasteiger partial charge is 0.465 e. The number of aliphatic hydroxyl groups is 1. The average Bonchev–Trinajstić information content (AvgIpc) is 3.28. The lowest BCUT2D eigenvalue weighted by Crippen LogP contribution is -2.20. The molecule has 8 heteroatoms. The van der Waals surface area contributed by atoms with Crippen LogP contribution in [-0.2, 0) is 17.8 Å². The number of hydrogen-bond acceptors (Lipinski definition) is 7. The normalized spacial score (nSPS) is 10.3. The van der Waals surface area contributed by atoms with Crippen LogP contribution in [0, 0.1) is 0 Å². The Balaban J connectivity index is 0.000000263. The minimum atomic E-state index is -0.418. The summed E-state index contributed by atoms with van der Waals surface area (Å²) >= 11 is 2.97. The second kappa shape index (κ2) is 11.1. The van der Waals surface area contributed by atoms with Crippen LogP contribution in [-0.4, -0.2) is 68.6 Å². The first-order valence-corrected chi connectivity index (χ1v) is 9.74. The van der Waals surface area contributed by atoms with Crippen molar-refractivity contribution in [2.75, 3.05) is 41.8 Å². The van der Waals surface area contributed by atoms with Gasteiger partial charge in [0, 0.05) is 30.9 Å². The molecule has 0 unspecified atom stereocenters. The lowest BCUT2D eigenvalue weighted by molar-refractivity contribution is 0.0601. The molecule has 0 saturated heterocycles. The summed E-state index contributed by atoms with van der Waals surface area (Å²) in [6.45, 7) is 1.24. The summed E-state index contributed by atoms with van der Waals surface area (Å²) in [5.74, 6) is -0.524. The molecule has 0 aromatic carbocycles. The Bertz CT molecular complexity index is 708. The zero-order valence-electron chi connectivity index (χ0n) is 15.8. The lowest BCUT2D eigenvalue weighted by Gasteiger charge is -2.06. The molecule has 0 atom stereocenters. The highest BCUT2D eigenvalue weighted by molar-refractivity contribution is 7.12. The smallest absolute Gasteiger partial charge is 0.338 e. The van der Waals surface area contributed by atoms with Gasteiger partial charge in [-0.2, -0.15) is 0 Å². The minimum Gasteiger partial charge on any atom is -0.465 e. The monoisotopic (exact) mass is 398 g/mol. The summed E-state index contributed by atoms with van der Waals surface area (Å²) in [7, 11) is 8.79. The van der Waals surface area contributed by atoms with Gasteiger partial charge in [-0.1, -0.05) is 0 Å². The highest BCUT2D eigenvalue weighted by atomic mass is 32.1. The fourth-order valence-electron chi connectivity index (χ4n) is 1.87. The minimum absolute atomic E-state index is 0.106. The lowest BCUT2D eigenvalue weighted by atomic mass is 10.3. The summed E-state index contributed by atoms with van der Waals surface area (Å²) in [5.41, 5.74) is 1.46. The summed E-state index contributed by atoms with van der Waals surface area (Å²) in [6.07, 6.45) is 1.08. The molecule has 0 fully saturated rings. The molecule has 2 heterocycles. The van der Waals surface area contributed by atoms with Gasteiger partial charge in [0.15, 0.2) is 0 Å². The molecule has 2 aromatic rings. The van der Waals surface area contributed by atoms with Crippen LogP contribution in [0.5, 0.6) is 0 Å². The van der Waals surface area contributed by atoms with E-state index in [2.05, 4.69) is 29.8 Å². The van der Waals surface area contributed by atoms with E-state index in [1.54, 1.807) is 36.9 Å². The number of hydrogen-bond donors (Lipinski definition) is 1. The number of nitrogens with zero attached hydrogens (tertiary/aromatic N) is 2. The Hall–Kier alpha value is -1.74. The van der Waals surface area contributed by atoms with E-state index in [9.17, 15) is 9.59 Å². The number of ether oxygens (including phenoxy) is 1. The van der Waals surface area contributed by atoms with Crippen molar-refractivity contribution in [2.45, 2.75) is 13.0 Å². The molecule has 26 heavy (non-hydrogen) atoms. The number of esters is 1. The van der Waals surface area contributed by atoms with Crippen LogP contribution in [0.25, 0.3) is 0 Å². The molecule has 0 aliphatic rings. The third kappa shape index (κ3) is 7.25. The number of carbonyl (C=O) groups excluding carboxylic acids is 2. The van der Waals surface area contributed by atoms with Gasteiger partial charge in [0.25, 0.3) is 5.91 Å². The maximum absolute atomic E-state index is 11.5. The molecule has 0 bridgehead atoms. The van der Waals surface area contributed by atoms with Gasteiger partial charge in [-0.05, 0) is 43.6 Å². The quantitative estimate of drug-likeness (QED) is 0.758. The van der Waals surface area contributed by atoms with Crippen molar-refractivity contribution in [1.29, 1.82) is 0 Å². The zero-order chi connectivity index (χ0) is 19.7. The molecular formula is C18H26N2O4S2. The molecule has 1 amide bonds. The highest BCUT2D eigenvalue weighted by Crippen LogP contribution is 2.17. The van der Waals surface area contributed by atoms with Crippen LogP contribution in [0.4, 0.5) is 0 Å². The van der Waals surface area contributed by atoms with Crippen LogP contribution in [0.15, 0.2) is 22.9 Å². The molecule has 2 rings (SSSR count). The van der Waals surface area contributed by atoms with Gasteiger partial charge in [0.2, 0.25) is 0 Å². The van der Waals surface area contributed by atoms with Crippen LogP contribution in [0.2, 0.25) is 0 Å². The van der Waals surface area contributed by atoms with Crippen molar-refractivity contribution < 1.29 is 19.4 Å². The van der Waals surface area contributed by atoms with E-state index >= 15 is 0 Å². The van der Waals surface area contributed by atoms with Gasteiger partial charge in [-0.25, -0.2) is 4.79 Å². The Kier molecular flexibility index (Phi) is 9.50. The van der Waals surface area contributed by atoms with E-state index in [1.165, 1.54) is 28.2 Å². The third-order valence-electron chi connectivity index (χ3n) is 3.33. The van der Waals surface area contributed by atoms with Crippen molar-refractivity contribution >= 4 is 34.6 Å². The van der Waals surface area contributed by atoms with Gasteiger partial charge in [-0.15, -0.1) is 22.7 Å². The Morgan fingerprint density at radius 3 is 2.31 bits per heavy atom. The SMILES string of the molecule is CN(C)CCc1cc(CO)cs1.COC(=O)c1csc(C(=O)N(C)C)c1. The first kappa shape index (κ1) is 22.3. The standard InChI is InChI=1S/C9H11NO3S.C9H15NOS/c1-10(2)8(11)7-4-6(5-14-7)9(12)13-3;1-10(2)4-3-9-5-8(6-11)7-12-9/h4-5H,1-3H3;5,7,11H,3-4,6H2,1-2H3. The van der Waals surface area contributed by atoms with E-state index in [4.69, 9.17) is 5.11 Å². The van der Waals surface area contributed by atoms with E-state index in [0.717, 1.165) is 18.5 Å². The predicted octanol–water partition coefficient (Wildman–Crippen LogP) is 2.58. The molecule has 144 valence electrons. The number of likely N-dealkylation sites (N-methyl/N-ethyl adjacent to an activating group) is 1. The van der Waals surface area contributed by atoms with Crippen LogP contribution in [0.3, 0.4) is 0 Å². The van der Waals surface area contributed by atoms with Gasteiger partial charge in [-0.3, -0.25) is 4.79 Å². The van der Waals surface area contributed by atoms with Gasteiger partial charge in [0.05, 0.1) is 24.2 Å². The molecular weight excluding hydrogens is 372 g/mol. The van der Waals surface area contributed by atoms with Gasteiger partial charge < -0.3 is 19.6 Å². The van der Waals surface area contributed by atoms with Crippen molar-refractivity contribution in [3.63, 3.8) is 0 Å². The van der Waals surface area contributed by atoms with Crippen LogP contribution >= 0.6 is 22.7 Å². The summed E-state index contributed by atoms with van der Waals surface area (Å²) in [5, 5.41) is 12.5. The van der Waals surface area contributed by atoms with Crippen molar-refractivity contribution in [3.05, 3.63) is 43.8 Å². The second-order valence-electron chi connectivity index (χ2n) is 6.02. The predicted molar refractivity (Wildman–Crippen MR) is 106 cm³/mol. The second-order valence-corrected chi connectivity index (χ2v) is 7.93. The first-order valence-electron chi connectivity index (χ1n) is 7.98. The molecule has 6 nitrogen and oxygen atoms in total. The number of amides is 1. The number of aliphatic hydroxyl groups excluding tert-OH is 1. The molecule has 2 aromatic heterocycles. The van der Waals surface area contributed by atoms with E-state index < -0.39 is 5.97 Å². The topological polar surface area (TPSA) is 70.1 Å². The van der Waals surface area contributed by atoms with E-state index in [-0.39, 0.29) is 12.5 Å². The van der Waals surface area contributed by atoms with Crippen molar-refractivity contribution in [2.24, 2.45) is 0 Å². The third-order valence-corrected chi connectivity index (χ3v) is 5.30. The summed E-state index contributed by atoms with van der Waals surface area (Å²) in [6, 6.07) is 3.62. The van der Waals surface area contributed by atoms with Gasteiger partial charge >= 0.3 is 5.97 Å². The average molecular weight is 399 g/mol. The van der Waals surface area contributed by atoms with Crippen LogP contribution < -0.4 is 0 Å². The highest BCUT2D eigenvalue weighted by Gasteiger charge is 2.14. The fourth-order valence-corrected chi connectivity index (χ4v) is 3.64. The summed E-state index contributed by atoms with van der Waals surface area (Å²) < 4.78 is 4.53. The molecule has 1 N–H and O–H groups in total. The zero-order valence-corrected chi connectivity index (χ0v) is 17.4. The Morgan fingerprint density at radius 1 is 1.12 bits per heavy atom. The number of rotatable bonds is 6. The van der Waals surface area contributed by atoms with E-state index in [1.807, 2.05) is 5.38 Å². The molecule has 0 radical (unpaired) electrons. The molecule has 0 aliphatic carbocycles. The van der Waals surface area contributed by atoms with Gasteiger partial charge in [0.1, 0.15) is 0 Å². The maximum Gasteiger partial charge on any atom is 0.338 e. The molecule has 0 aliphatic heterocycles. The van der Waals surface area contributed by atoms with Crippen molar-refractivity contribution in [3.8, 4) is 0 Å².